The van der Waals surface area contributed by atoms with E-state index >= 15 is 0 Å². The highest BCUT2D eigenvalue weighted by Crippen LogP contribution is 2.30. The Morgan fingerprint density at radius 2 is 1.67 bits per heavy atom. The Morgan fingerprint density at radius 3 is 2.45 bits per heavy atom. The molecule has 0 fully saturated rings. The first kappa shape index (κ1) is 21.2. The molecule has 7 heteroatoms. The van der Waals surface area contributed by atoms with Crippen LogP contribution >= 0.6 is 15.9 Å². The van der Waals surface area contributed by atoms with Gasteiger partial charge in [-0.25, -0.2) is 0 Å². The van der Waals surface area contributed by atoms with Crippen LogP contribution in [0.3, 0.4) is 0 Å². The molecule has 0 aliphatic heterocycles. The van der Waals surface area contributed by atoms with E-state index in [2.05, 4.69) is 44.5 Å². The van der Waals surface area contributed by atoms with Crippen LogP contribution < -0.4 is 10.1 Å². The molecular weight excluding hydrogens is 480 g/mol. The molecule has 0 aliphatic rings. The molecule has 1 aromatic heterocycles. The monoisotopic (exact) mass is 500 g/mol. The topological polar surface area (TPSA) is 69.0 Å². The molecule has 164 valence electrons. The molecule has 1 heterocycles. The molecule has 0 atom stereocenters. The number of carbonyl (C=O) groups excluding carboxylic acids is 1. The van der Waals surface area contributed by atoms with Gasteiger partial charge in [0.15, 0.2) is 0 Å². The Balaban J connectivity index is 1.54. The van der Waals surface area contributed by atoms with Crippen molar-refractivity contribution in [1.82, 2.24) is 15.0 Å². The molecule has 4 aromatic carbocycles. The summed E-state index contributed by atoms with van der Waals surface area (Å²) in [6.45, 7) is 3.85. The van der Waals surface area contributed by atoms with Gasteiger partial charge in [0.1, 0.15) is 16.8 Å². The minimum atomic E-state index is -0.250. The standard InChI is InChI=1S/C26H21BrN4O2/c1-15-12-22-23(30-31(29-22)24-10-6-8-17-7-4-5-9-19(17)24)14-21(15)28-26(32)20-13-18(27)11-16(2)25(20)33-3/h4-14H,1-3H3,(H,28,32). The first-order valence-corrected chi connectivity index (χ1v) is 11.3. The third-order valence-electron chi connectivity index (χ3n) is 5.64. The lowest BCUT2D eigenvalue weighted by Gasteiger charge is -2.13. The summed E-state index contributed by atoms with van der Waals surface area (Å²) in [6.07, 6.45) is 0. The van der Waals surface area contributed by atoms with Crippen molar-refractivity contribution in [3.63, 3.8) is 0 Å². The number of nitrogens with one attached hydrogen (secondary N) is 1. The van der Waals surface area contributed by atoms with Gasteiger partial charge in [0.2, 0.25) is 0 Å². The van der Waals surface area contributed by atoms with Crippen molar-refractivity contribution in [3.8, 4) is 11.4 Å². The van der Waals surface area contributed by atoms with E-state index in [1.165, 1.54) is 0 Å². The van der Waals surface area contributed by atoms with Crippen molar-refractivity contribution in [2.45, 2.75) is 13.8 Å². The SMILES string of the molecule is COc1c(C)cc(Br)cc1C(=O)Nc1cc2nn(-c3cccc4ccccc34)nc2cc1C. The van der Waals surface area contributed by atoms with Crippen LogP contribution in [0.1, 0.15) is 21.5 Å². The Bertz CT molecular complexity index is 1540. The van der Waals surface area contributed by atoms with E-state index in [1.807, 2.05) is 56.3 Å². The van der Waals surface area contributed by atoms with E-state index in [0.29, 0.717) is 22.5 Å². The second-order valence-corrected chi connectivity index (χ2v) is 8.82. The van der Waals surface area contributed by atoms with Crippen molar-refractivity contribution < 1.29 is 9.53 Å². The van der Waals surface area contributed by atoms with E-state index in [-0.39, 0.29) is 5.91 Å². The van der Waals surface area contributed by atoms with Crippen LogP contribution in [0.5, 0.6) is 5.75 Å². The molecule has 0 spiro atoms. The molecule has 0 saturated heterocycles. The average molecular weight is 501 g/mol. The van der Waals surface area contributed by atoms with Crippen LogP contribution in [0, 0.1) is 13.8 Å². The number of nitrogens with zero attached hydrogens (tertiary/aromatic N) is 3. The van der Waals surface area contributed by atoms with Gasteiger partial charge < -0.3 is 10.1 Å². The van der Waals surface area contributed by atoms with E-state index in [0.717, 1.165) is 37.6 Å². The number of anilines is 1. The highest BCUT2D eigenvalue weighted by Gasteiger charge is 2.18. The summed E-state index contributed by atoms with van der Waals surface area (Å²) in [7, 11) is 1.57. The molecule has 5 rings (SSSR count). The lowest BCUT2D eigenvalue weighted by Crippen LogP contribution is -2.14. The van der Waals surface area contributed by atoms with Gasteiger partial charge in [-0.15, -0.1) is 15.0 Å². The van der Waals surface area contributed by atoms with Crippen LogP contribution in [-0.2, 0) is 0 Å². The van der Waals surface area contributed by atoms with Crippen LogP contribution in [0.15, 0.2) is 71.2 Å². The summed E-state index contributed by atoms with van der Waals surface area (Å²) >= 11 is 3.46. The van der Waals surface area contributed by atoms with E-state index in [1.54, 1.807) is 18.0 Å². The smallest absolute Gasteiger partial charge is 0.259 e. The number of carbonyl (C=O) groups is 1. The zero-order chi connectivity index (χ0) is 23.1. The predicted octanol–water partition coefficient (Wildman–Crippen LogP) is 6.21. The molecule has 0 saturated carbocycles. The van der Waals surface area contributed by atoms with Crippen molar-refractivity contribution in [2.75, 3.05) is 12.4 Å². The van der Waals surface area contributed by atoms with Crippen LogP contribution in [-0.4, -0.2) is 28.0 Å². The quantitative estimate of drug-likeness (QED) is 0.318. The van der Waals surface area contributed by atoms with Crippen molar-refractivity contribution >= 4 is 49.3 Å². The molecule has 0 radical (unpaired) electrons. The van der Waals surface area contributed by atoms with Gasteiger partial charge in [-0.2, -0.15) is 0 Å². The maximum Gasteiger partial charge on any atom is 0.259 e. The Labute approximate surface area is 199 Å². The normalized spacial score (nSPS) is 11.2. The fourth-order valence-corrected chi connectivity index (χ4v) is 4.62. The second kappa shape index (κ2) is 8.33. The van der Waals surface area contributed by atoms with Crippen molar-refractivity contribution in [2.24, 2.45) is 0 Å². The number of rotatable bonds is 4. The van der Waals surface area contributed by atoms with Gasteiger partial charge in [-0.3, -0.25) is 4.79 Å². The molecule has 6 nitrogen and oxygen atoms in total. The van der Waals surface area contributed by atoms with E-state index in [9.17, 15) is 4.79 Å². The highest BCUT2D eigenvalue weighted by atomic mass is 79.9. The zero-order valence-electron chi connectivity index (χ0n) is 18.4. The molecule has 5 aromatic rings. The van der Waals surface area contributed by atoms with E-state index < -0.39 is 0 Å². The van der Waals surface area contributed by atoms with Gasteiger partial charge in [0.25, 0.3) is 5.91 Å². The summed E-state index contributed by atoms with van der Waals surface area (Å²) < 4.78 is 6.29. The summed E-state index contributed by atoms with van der Waals surface area (Å²) in [5, 5.41) is 14.6. The third kappa shape index (κ3) is 3.85. The molecule has 1 amide bonds. The van der Waals surface area contributed by atoms with Gasteiger partial charge in [0, 0.05) is 15.5 Å². The van der Waals surface area contributed by atoms with Gasteiger partial charge in [-0.05, 0) is 60.7 Å². The Hall–Kier alpha value is -3.71. The maximum absolute atomic E-state index is 13.1. The molecule has 0 unspecified atom stereocenters. The van der Waals surface area contributed by atoms with Crippen molar-refractivity contribution in [1.29, 1.82) is 0 Å². The number of aromatic nitrogens is 3. The van der Waals surface area contributed by atoms with Crippen LogP contribution in [0.4, 0.5) is 5.69 Å². The third-order valence-corrected chi connectivity index (χ3v) is 6.10. The van der Waals surface area contributed by atoms with Gasteiger partial charge >= 0.3 is 0 Å². The number of hydrogen-bond donors (Lipinski definition) is 1. The minimum absolute atomic E-state index is 0.250. The molecule has 0 bridgehead atoms. The Morgan fingerprint density at radius 1 is 0.939 bits per heavy atom. The number of methoxy groups -OCH3 is 1. The number of aryl methyl sites for hydroxylation is 2. The first-order valence-electron chi connectivity index (χ1n) is 10.5. The first-order chi connectivity index (χ1) is 15.9. The summed E-state index contributed by atoms with van der Waals surface area (Å²) in [5.74, 6) is 0.302. The molecule has 33 heavy (non-hydrogen) atoms. The van der Waals surface area contributed by atoms with Gasteiger partial charge in [0.05, 0.1) is 18.4 Å². The van der Waals surface area contributed by atoms with E-state index in [4.69, 9.17) is 9.84 Å². The predicted molar refractivity (Wildman–Crippen MR) is 134 cm³/mol. The number of amides is 1. The average Bonchev–Trinajstić information content (AvgIpc) is 3.20. The lowest BCUT2D eigenvalue weighted by molar-refractivity contribution is 0.102. The van der Waals surface area contributed by atoms with Crippen LogP contribution in [0.25, 0.3) is 27.5 Å². The largest absolute Gasteiger partial charge is 0.496 e. The summed E-state index contributed by atoms with van der Waals surface area (Å²) in [4.78, 5) is 14.8. The molecular formula is C26H21BrN4O2. The number of benzene rings is 4. The number of ether oxygens (including phenoxy) is 1. The number of halogens is 1. The fraction of sp³-hybridized carbons (Fsp3) is 0.115. The summed E-state index contributed by atoms with van der Waals surface area (Å²) in [5.41, 5.74) is 5.27. The maximum atomic E-state index is 13.1. The molecule has 0 aliphatic carbocycles. The minimum Gasteiger partial charge on any atom is -0.496 e. The van der Waals surface area contributed by atoms with Crippen molar-refractivity contribution in [3.05, 3.63) is 87.9 Å². The second-order valence-electron chi connectivity index (χ2n) is 7.90. The number of hydrogen-bond acceptors (Lipinski definition) is 4. The highest BCUT2D eigenvalue weighted by molar-refractivity contribution is 9.10. The van der Waals surface area contributed by atoms with Crippen LogP contribution in [0.2, 0.25) is 0 Å². The van der Waals surface area contributed by atoms with Gasteiger partial charge in [-0.1, -0.05) is 52.3 Å². The fourth-order valence-electron chi connectivity index (χ4n) is 4.05. The molecule has 1 N–H and O–H groups in total. The zero-order valence-corrected chi connectivity index (χ0v) is 20.0. The lowest BCUT2D eigenvalue weighted by atomic mass is 10.1. The Kier molecular flexibility index (Phi) is 5.34. The number of fused-ring (bicyclic) bond motifs is 2. The summed E-state index contributed by atoms with van der Waals surface area (Å²) in [6, 6.07) is 21.7.